The van der Waals surface area contributed by atoms with Gasteiger partial charge in [-0.05, 0) is 43.2 Å². The van der Waals surface area contributed by atoms with Gasteiger partial charge < -0.3 is 10.2 Å². The first-order valence-electron chi connectivity index (χ1n) is 9.09. The summed E-state index contributed by atoms with van der Waals surface area (Å²) >= 11 is 1.88. The Bertz CT molecular complexity index is 528. The second-order valence-electron chi connectivity index (χ2n) is 7.71. The van der Waals surface area contributed by atoms with Gasteiger partial charge in [0.15, 0.2) is 0 Å². The summed E-state index contributed by atoms with van der Waals surface area (Å²) in [5, 5.41) is 3.74. The van der Waals surface area contributed by atoms with Crippen LogP contribution >= 0.6 is 11.8 Å². The summed E-state index contributed by atoms with van der Waals surface area (Å²) in [7, 11) is 0. The lowest BCUT2D eigenvalue weighted by Gasteiger charge is -2.37. The number of rotatable bonds is 5. The molecule has 3 nitrogen and oxygen atoms in total. The largest absolute Gasteiger partial charge is 0.342 e. The fourth-order valence-corrected chi connectivity index (χ4v) is 3.85. The van der Waals surface area contributed by atoms with E-state index in [0.717, 1.165) is 31.7 Å². The van der Waals surface area contributed by atoms with Gasteiger partial charge in [-0.1, -0.05) is 39.8 Å². The van der Waals surface area contributed by atoms with Crippen LogP contribution in [-0.2, 0) is 4.79 Å². The first-order chi connectivity index (χ1) is 11.3. The number of carbonyl (C=O) groups is 1. The average Bonchev–Trinajstić information content (AvgIpc) is 2.55. The quantitative estimate of drug-likeness (QED) is 0.796. The van der Waals surface area contributed by atoms with Crippen molar-refractivity contribution in [1.29, 1.82) is 0 Å². The van der Waals surface area contributed by atoms with Crippen LogP contribution in [0.3, 0.4) is 0 Å². The van der Waals surface area contributed by atoms with Gasteiger partial charge in [0.25, 0.3) is 0 Å². The molecule has 1 amide bonds. The van der Waals surface area contributed by atoms with E-state index in [1.807, 2.05) is 37.4 Å². The summed E-state index contributed by atoms with van der Waals surface area (Å²) in [6.07, 6.45) is 2.08. The summed E-state index contributed by atoms with van der Waals surface area (Å²) in [6, 6.07) is 9.73. The van der Waals surface area contributed by atoms with Crippen molar-refractivity contribution < 1.29 is 4.79 Å². The predicted molar refractivity (Wildman–Crippen MR) is 103 cm³/mol. The molecule has 0 aromatic heterocycles. The number of carbonyl (C=O) groups excluding carboxylic acids is 1. The van der Waals surface area contributed by atoms with E-state index in [9.17, 15) is 4.79 Å². The van der Waals surface area contributed by atoms with Gasteiger partial charge in [-0.25, -0.2) is 0 Å². The SMILES string of the molecule is CCSc1ccc([C@@H](C)NC2CCN(C(=O)C(C)(C)C)CC2)cc1. The molecule has 1 aromatic carbocycles. The molecule has 1 saturated heterocycles. The number of hydrogen-bond acceptors (Lipinski definition) is 3. The third kappa shape index (κ3) is 5.25. The number of benzene rings is 1. The molecule has 134 valence electrons. The lowest BCUT2D eigenvalue weighted by Crippen LogP contribution is -2.48. The maximum atomic E-state index is 12.4. The summed E-state index contributed by atoms with van der Waals surface area (Å²) in [5.41, 5.74) is 1.06. The minimum atomic E-state index is -0.272. The number of nitrogens with one attached hydrogen (secondary N) is 1. The van der Waals surface area contributed by atoms with Gasteiger partial charge in [-0.15, -0.1) is 11.8 Å². The zero-order valence-electron chi connectivity index (χ0n) is 15.8. The Labute approximate surface area is 151 Å². The molecule has 1 heterocycles. The Morgan fingerprint density at radius 2 is 1.83 bits per heavy atom. The van der Waals surface area contributed by atoms with Crippen LogP contribution in [0.2, 0.25) is 0 Å². The van der Waals surface area contributed by atoms with E-state index in [1.54, 1.807) is 0 Å². The zero-order chi connectivity index (χ0) is 17.7. The van der Waals surface area contributed by atoms with Gasteiger partial charge in [0.05, 0.1) is 0 Å². The Balaban J connectivity index is 1.83. The van der Waals surface area contributed by atoms with Gasteiger partial charge in [-0.3, -0.25) is 4.79 Å². The molecule has 2 rings (SSSR count). The first-order valence-corrected chi connectivity index (χ1v) is 10.1. The summed E-state index contributed by atoms with van der Waals surface area (Å²) < 4.78 is 0. The van der Waals surface area contributed by atoms with E-state index >= 15 is 0 Å². The van der Waals surface area contributed by atoms with Crippen LogP contribution < -0.4 is 5.32 Å². The van der Waals surface area contributed by atoms with Crippen LogP contribution in [0.5, 0.6) is 0 Å². The van der Waals surface area contributed by atoms with E-state index in [1.165, 1.54) is 10.5 Å². The van der Waals surface area contributed by atoms with Crippen LogP contribution in [-0.4, -0.2) is 35.7 Å². The highest BCUT2D eigenvalue weighted by Gasteiger charge is 2.30. The zero-order valence-corrected chi connectivity index (χ0v) is 16.6. The minimum Gasteiger partial charge on any atom is -0.342 e. The van der Waals surface area contributed by atoms with E-state index in [-0.39, 0.29) is 11.3 Å². The fraction of sp³-hybridized carbons (Fsp3) is 0.650. The number of hydrogen-bond donors (Lipinski definition) is 1. The monoisotopic (exact) mass is 348 g/mol. The normalized spacial score (nSPS) is 17.8. The van der Waals surface area contributed by atoms with Crippen molar-refractivity contribution in [1.82, 2.24) is 10.2 Å². The van der Waals surface area contributed by atoms with Crippen LogP contribution in [0.25, 0.3) is 0 Å². The van der Waals surface area contributed by atoms with E-state index in [2.05, 4.69) is 43.4 Å². The van der Waals surface area contributed by atoms with E-state index in [4.69, 9.17) is 0 Å². The summed E-state index contributed by atoms with van der Waals surface area (Å²) in [5.74, 6) is 1.39. The molecule has 24 heavy (non-hydrogen) atoms. The lowest BCUT2D eigenvalue weighted by atomic mass is 9.92. The molecule has 1 fully saturated rings. The highest BCUT2D eigenvalue weighted by molar-refractivity contribution is 7.99. The highest BCUT2D eigenvalue weighted by atomic mass is 32.2. The molecule has 4 heteroatoms. The van der Waals surface area contributed by atoms with Gasteiger partial charge in [0.2, 0.25) is 5.91 Å². The molecule has 0 aliphatic carbocycles. The van der Waals surface area contributed by atoms with Crippen molar-refractivity contribution in [3.63, 3.8) is 0 Å². The van der Waals surface area contributed by atoms with Crippen molar-refractivity contribution in [3.05, 3.63) is 29.8 Å². The first kappa shape index (κ1) is 19.3. The average molecular weight is 349 g/mol. The maximum Gasteiger partial charge on any atom is 0.227 e. The Morgan fingerprint density at radius 3 is 2.33 bits per heavy atom. The topological polar surface area (TPSA) is 32.3 Å². The fourth-order valence-electron chi connectivity index (χ4n) is 3.19. The second-order valence-corrected chi connectivity index (χ2v) is 9.04. The molecule has 1 N–H and O–H groups in total. The Morgan fingerprint density at radius 1 is 1.25 bits per heavy atom. The predicted octanol–water partition coefficient (Wildman–Crippen LogP) is 4.49. The van der Waals surface area contributed by atoms with Crippen molar-refractivity contribution in [2.45, 2.75) is 64.4 Å². The molecular weight excluding hydrogens is 316 g/mol. The summed E-state index contributed by atoms with van der Waals surface area (Å²) in [6.45, 7) is 12.2. The molecule has 1 aromatic rings. The molecule has 0 unspecified atom stereocenters. The molecule has 1 aliphatic rings. The maximum absolute atomic E-state index is 12.4. The molecule has 1 atom stereocenters. The molecule has 0 radical (unpaired) electrons. The van der Waals surface area contributed by atoms with Crippen molar-refractivity contribution in [3.8, 4) is 0 Å². The van der Waals surface area contributed by atoms with E-state index < -0.39 is 0 Å². The van der Waals surface area contributed by atoms with Crippen molar-refractivity contribution in [2.24, 2.45) is 5.41 Å². The lowest BCUT2D eigenvalue weighted by molar-refractivity contribution is -0.140. The number of nitrogens with zero attached hydrogens (tertiary/aromatic N) is 1. The minimum absolute atomic E-state index is 0.272. The van der Waals surface area contributed by atoms with Gasteiger partial charge in [0.1, 0.15) is 0 Å². The van der Waals surface area contributed by atoms with Crippen molar-refractivity contribution >= 4 is 17.7 Å². The Hall–Kier alpha value is -1.00. The second kappa shape index (κ2) is 8.39. The van der Waals surface area contributed by atoms with Crippen LogP contribution in [0, 0.1) is 5.41 Å². The molecule has 1 aliphatic heterocycles. The number of likely N-dealkylation sites (tertiary alicyclic amines) is 1. The summed E-state index contributed by atoms with van der Waals surface area (Å²) in [4.78, 5) is 15.7. The number of thioether (sulfide) groups is 1. The van der Waals surface area contributed by atoms with Crippen LogP contribution in [0.4, 0.5) is 0 Å². The molecule has 0 spiro atoms. The van der Waals surface area contributed by atoms with E-state index in [0.29, 0.717) is 12.1 Å². The molecule has 0 saturated carbocycles. The van der Waals surface area contributed by atoms with Gasteiger partial charge >= 0.3 is 0 Å². The van der Waals surface area contributed by atoms with Crippen molar-refractivity contribution in [2.75, 3.05) is 18.8 Å². The van der Waals surface area contributed by atoms with Crippen LogP contribution in [0.15, 0.2) is 29.2 Å². The van der Waals surface area contributed by atoms with Crippen LogP contribution in [0.1, 0.15) is 59.1 Å². The standard InChI is InChI=1S/C20H32N2OS/c1-6-24-18-9-7-16(8-10-18)15(2)21-17-11-13-22(14-12-17)19(23)20(3,4)5/h7-10,15,17,21H,6,11-14H2,1-5H3/t15-/m1/s1. The molecular formula is C20H32N2OS. The highest BCUT2D eigenvalue weighted by Crippen LogP contribution is 2.24. The van der Waals surface area contributed by atoms with Gasteiger partial charge in [-0.2, -0.15) is 0 Å². The number of amides is 1. The third-order valence-corrected chi connectivity index (χ3v) is 5.49. The molecule has 0 bridgehead atoms. The number of piperidine rings is 1. The Kier molecular flexibility index (Phi) is 6.76. The third-order valence-electron chi connectivity index (χ3n) is 4.60. The smallest absolute Gasteiger partial charge is 0.227 e. The van der Waals surface area contributed by atoms with Gasteiger partial charge in [0, 0.05) is 35.5 Å².